The number of rotatable bonds is 8. The number of benzene rings is 3. The molecule has 264 valence electrons. The predicted octanol–water partition coefficient (Wildman–Crippen LogP) is 6.50. The number of carbonyl (C=O) groups is 4. The molecule has 51 heavy (non-hydrogen) atoms. The molecule has 0 aromatic heterocycles. The van der Waals surface area contributed by atoms with E-state index in [-0.39, 0.29) is 35.5 Å². The van der Waals surface area contributed by atoms with Gasteiger partial charge in [-0.3, -0.25) is 29.0 Å². The van der Waals surface area contributed by atoms with Crippen LogP contribution in [0.5, 0.6) is 23.0 Å². The Morgan fingerprint density at radius 1 is 0.863 bits per heavy atom. The number of likely N-dealkylation sites (tertiary alicyclic amines) is 1. The van der Waals surface area contributed by atoms with Gasteiger partial charge in [-0.2, -0.15) is 0 Å². The number of carbonyl (C=O) groups excluding carboxylic acids is 4. The minimum Gasteiger partial charge on any atom is -0.508 e. The molecule has 1 N–H and O–H groups in total. The molecule has 10 nitrogen and oxygen atoms in total. The van der Waals surface area contributed by atoms with Gasteiger partial charge in [0.25, 0.3) is 11.8 Å². The van der Waals surface area contributed by atoms with Gasteiger partial charge >= 0.3 is 0 Å². The summed E-state index contributed by atoms with van der Waals surface area (Å²) in [5.74, 6) is -4.14. The van der Waals surface area contributed by atoms with Crippen molar-refractivity contribution in [1.29, 1.82) is 0 Å². The molecule has 0 bridgehead atoms. The number of allylic oxidation sites excluding steroid dienone is 2. The number of anilines is 1. The first-order chi connectivity index (χ1) is 24.4. The number of imide groups is 2. The quantitative estimate of drug-likeness (QED) is 0.0902. The van der Waals surface area contributed by atoms with E-state index in [9.17, 15) is 24.3 Å². The summed E-state index contributed by atoms with van der Waals surface area (Å²) in [6.45, 7) is 0. The normalized spacial score (nSPS) is 28.5. The Morgan fingerprint density at radius 3 is 2.22 bits per heavy atom. The molecule has 13 heteroatoms. The Kier molecular flexibility index (Phi) is 8.96. The van der Waals surface area contributed by atoms with Gasteiger partial charge in [0.1, 0.15) is 23.0 Å². The standard InChI is InChI=1S/C38H33BrCl2N2O8/c1-49-23-11-15-30(51-3)21(16-23)7-4-20-5-8-22(9-6-20)43-33(45)26-13-12-25-28(31(26)34(43)46)18-37(40)35(47)42(19-39)36(48)38(37,41)32(25)27-17-24(50-2)10-14-29(27)44/h4-12,14-17,26,28,31-32,44H,13,18-19H2,1-3H3. The van der Waals surface area contributed by atoms with Crippen LogP contribution in [-0.2, 0) is 19.2 Å². The maximum Gasteiger partial charge on any atom is 0.254 e. The number of phenols is 1. The molecule has 2 aliphatic carbocycles. The lowest BCUT2D eigenvalue weighted by atomic mass is 9.56. The van der Waals surface area contributed by atoms with Crippen LogP contribution in [0, 0.1) is 17.8 Å². The van der Waals surface area contributed by atoms with Crippen molar-refractivity contribution in [1.82, 2.24) is 4.90 Å². The summed E-state index contributed by atoms with van der Waals surface area (Å²) in [7, 11) is 4.64. The molecule has 3 fully saturated rings. The zero-order chi connectivity index (χ0) is 36.4. The lowest BCUT2D eigenvalue weighted by molar-refractivity contribution is -0.138. The number of alkyl halides is 3. The number of phenolic OH excluding ortho intramolecular Hbond substituents is 1. The van der Waals surface area contributed by atoms with Crippen molar-refractivity contribution in [3.8, 4) is 23.0 Å². The second-order valence-corrected chi connectivity index (χ2v) is 14.7. The monoisotopic (exact) mass is 794 g/mol. The van der Waals surface area contributed by atoms with Gasteiger partial charge in [0, 0.05) is 17.0 Å². The second-order valence-electron chi connectivity index (χ2n) is 13.0. The summed E-state index contributed by atoms with van der Waals surface area (Å²) < 4.78 is 16.2. The van der Waals surface area contributed by atoms with Crippen molar-refractivity contribution in [3.63, 3.8) is 0 Å². The molecule has 6 unspecified atom stereocenters. The Balaban J connectivity index is 1.24. The van der Waals surface area contributed by atoms with Gasteiger partial charge in [-0.05, 0) is 72.9 Å². The van der Waals surface area contributed by atoms with Crippen LogP contribution in [0.3, 0.4) is 0 Å². The lowest BCUT2D eigenvalue weighted by Gasteiger charge is -2.50. The molecule has 2 heterocycles. The zero-order valence-electron chi connectivity index (χ0n) is 27.8. The second kappa shape index (κ2) is 13.0. The Bertz CT molecular complexity index is 2040. The molecule has 4 amide bonds. The van der Waals surface area contributed by atoms with E-state index >= 15 is 0 Å². The lowest BCUT2D eigenvalue weighted by Crippen LogP contribution is -2.60. The van der Waals surface area contributed by atoms with Gasteiger partial charge in [-0.15, -0.1) is 23.2 Å². The fourth-order valence-corrected chi connectivity index (χ4v) is 9.55. The third-order valence-corrected chi connectivity index (χ3v) is 12.5. The van der Waals surface area contributed by atoms with Crippen molar-refractivity contribution >= 4 is 80.6 Å². The van der Waals surface area contributed by atoms with E-state index in [1.54, 1.807) is 50.6 Å². The first-order valence-electron chi connectivity index (χ1n) is 16.2. The highest BCUT2D eigenvalue weighted by Crippen LogP contribution is 2.66. The van der Waals surface area contributed by atoms with Crippen LogP contribution in [0.4, 0.5) is 5.69 Å². The average molecular weight is 796 g/mol. The zero-order valence-corrected chi connectivity index (χ0v) is 30.9. The van der Waals surface area contributed by atoms with Gasteiger partial charge in [-0.25, -0.2) is 0 Å². The minimum atomic E-state index is -2.04. The van der Waals surface area contributed by atoms with E-state index < -0.39 is 51.1 Å². The maximum absolute atomic E-state index is 14.4. The molecule has 7 rings (SSSR count). The number of amides is 4. The number of halogens is 3. The Morgan fingerprint density at radius 2 is 1.55 bits per heavy atom. The highest BCUT2D eigenvalue weighted by Gasteiger charge is 2.76. The van der Waals surface area contributed by atoms with Gasteiger partial charge in [0.2, 0.25) is 11.8 Å². The number of fused-ring (bicyclic) bond motifs is 4. The van der Waals surface area contributed by atoms with E-state index in [1.165, 1.54) is 18.1 Å². The molecule has 2 aliphatic heterocycles. The first kappa shape index (κ1) is 35.1. The number of aromatic hydroxyl groups is 1. The van der Waals surface area contributed by atoms with E-state index in [0.717, 1.165) is 16.0 Å². The summed E-state index contributed by atoms with van der Waals surface area (Å²) in [6.07, 6.45) is 5.61. The SMILES string of the molecule is COc1ccc(OC)c(C=Cc2ccc(N3C(=O)C4CC=C5C(CC6(Cl)C(=O)N(CBr)C(=O)C6(Cl)C5c5cc(OC)ccc5O)C4C3=O)cc2)c1. The molecule has 0 spiro atoms. The Hall–Kier alpha value is -4.32. The van der Waals surface area contributed by atoms with E-state index in [2.05, 4.69) is 15.9 Å². The largest absolute Gasteiger partial charge is 0.508 e. The minimum absolute atomic E-state index is 0.149. The number of ether oxygens (including phenoxy) is 3. The van der Waals surface area contributed by atoms with Crippen LogP contribution in [0.15, 0.2) is 72.3 Å². The van der Waals surface area contributed by atoms with E-state index in [4.69, 9.17) is 37.4 Å². The molecule has 6 atom stereocenters. The summed E-state index contributed by atoms with van der Waals surface area (Å²) in [4.78, 5) is 54.4. The highest BCUT2D eigenvalue weighted by atomic mass is 79.9. The molecule has 2 saturated heterocycles. The van der Waals surface area contributed by atoms with Gasteiger partial charge in [-0.1, -0.05) is 51.9 Å². The summed E-state index contributed by atoms with van der Waals surface area (Å²) >= 11 is 17.8. The van der Waals surface area contributed by atoms with Gasteiger partial charge in [0.05, 0.1) is 44.3 Å². The summed E-state index contributed by atoms with van der Waals surface area (Å²) in [5, 5.41) is 11.2. The van der Waals surface area contributed by atoms with Gasteiger partial charge < -0.3 is 19.3 Å². The molecule has 4 aliphatic rings. The number of nitrogens with zero attached hydrogens (tertiary/aromatic N) is 2. The van der Waals surface area contributed by atoms with Crippen molar-refractivity contribution in [3.05, 3.63) is 89.0 Å². The first-order valence-corrected chi connectivity index (χ1v) is 18.1. The van der Waals surface area contributed by atoms with Crippen molar-refractivity contribution in [2.24, 2.45) is 17.8 Å². The predicted molar refractivity (Wildman–Crippen MR) is 195 cm³/mol. The third kappa shape index (κ3) is 5.18. The fraction of sp³-hybridized carbons (Fsp3) is 0.316. The molecular weight excluding hydrogens is 763 g/mol. The smallest absolute Gasteiger partial charge is 0.254 e. The molecule has 1 saturated carbocycles. The molecular formula is C38H33BrCl2N2O8. The van der Waals surface area contributed by atoms with Crippen LogP contribution in [0.1, 0.15) is 35.4 Å². The fourth-order valence-electron chi connectivity index (χ4n) is 8.13. The van der Waals surface area contributed by atoms with Crippen molar-refractivity contribution in [2.75, 3.05) is 31.7 Å². The van der Waals surface area contributed by atoms with Crippen LogP contribution in [0.25, 0.3) is 12.2 Å². The summed E-state index contributed by atoms with van der Waals surface area (Å²) in [6, 6.07) is 17.0. The van der Waals surface area contributed by atoms with Crippen LogP contribution in [-0.4, -0.2) is 70.2 Å². The average Bonchev–Trinajstić information content (AvgIpc) is 3.48. The van der Waals surface area contributed by atoms with Crippen LogP contribution >= 0.6 is 39.1 Å². The molecule has 3 aromatic rings. The third-order valence-electron chi connectivity index (χ3n) is 10.6. The summed E-state index contributed by atoms with van der Waals surface area (Å²) in [5.41, 5.74) is 2.68. The number of methoxy groups -OCH3 is 3. The van der Waals surface area contributed by atoms with Crippen molar-refractivity contribution < 1.29 is 38.5 Å². The van der Waals surface area contributed by atoms with Crippen LogP contribution < -0.4 is 19.1 Å². The highest BCUT2D eigenvalue weighted by molar-refractivity contribution is 9.09. The topological polar surface area (TPSA) is 123 Å². The van der Waals surface area contributed by atoms with Gasteiger partial charge in [0.15, 0.2) is 9.75 Å². The van der Waals surface area contributed by atoms with Crippen molar-refractivity contribution in [2.45, 2.75) is 28.5 Å². The van der Waals surface area contributed by atoms with Crippen LogP contribution in [0.2, 0.25) is 0 Å². The van der Waals surface area contributed by atoms with E-state index in [1.807, 2.05) is 36.4 Å². The molecule has 0 radical (unpaired) electrons. The number of hydrogen-bond donors (Lipinski definition) is 1. The van der Waals surface area contributed by atoms with E-state index in [0.29, 0.717) is 28.5 Å². The molecule has 3 aromatic carbocycles. The number of hydrogen-bond acceptors (Lipinski definition) is 8. The maximum atomic E-state index is 14.4. The Labute approximate surface area is 312 Å².